The van der Waals surface area contributed by atoms with E-state index in [-0.39, 0.29) is 17.5 Å². The Morgan fingerprint density at radius 2 is 2.00 bits per heavy atom. The van der Waals surface area contributed by atoms with Gasteiger partial charge in [-0.3, -0.25) is 4.79 Å². The number of H-pyrrole nitrogens is 1. The van der Waals surface area contributed by atoms with Gasteiger partial charge in [-0.05, 0) is 57.0 Å². The molecule has 5 heterocycles. The van der Waals surface area contributed by atoms with E-state index in [1.807, 2.05) is 60.7 Å². The number of anilines is 2. The third-order valence-corrected chi connectivity index (χ3v) is 6.47. The molecule has 0 aliphatic carbocycles. The molecule has 10 nitrogen and oxygen atoms in total. The maximum absolute atomic E-state index is 12.5. The number of nitrogens with one attached hydrogen (secondary N) is 4. The van der Waals surface area contributed by atoms with Crippen molar-refractivity contribution in [3.63, 3.8) is 0 Å². The number of aromatic amines is 1. The van der Waals surface area contributed by atoms with Crippen molar-refractivity contribution in [1.82, 2.24) is 34.9 Å². The van der Waals surface area contributed by atoms with Gasteiger partial charge in [0.25, 0.3) is 0 Å². The number of carbonyl (C=O) groups is 2. The second kappa shape index (κ2) is 10.2. The number of hydrogen-bond donors (Lipinski definition) is 4. The van der Waals surface area contributed by atoms with Crippen LogP contribution in [0.1, 0.15) is 45.5 Å². The molecule has 4 N–H and O–H groups in total. The number of aromatic nitrogens is 4. The lowest BCUT2D eigenvalue weighted by atomic mass is 10.0. The van der Waals surface area contributed by atoms with Crippen molar-refractivity contribution in [2.45, 2.75) is 46.1 Å². The molecule has 4 aromatic rings. The highest BCUT2D eigenvalue weighted by atomic mass is 16.2. The summed E-state index contributed by atoms with van der Waals surface area (Å²) in [4.78, 5) is 38.0. The minimum absolute atomic E-state index is 0.0364. The summed E-state index contributed by atoms with van der Waals surface area (Å²) in [5.74, 6) is -0.0406. The molecule has 5 rings (SSSR count). The summed E-state index contributed by atoms with van der Waals surface area (Å²) in [5, 5.41) is 10.4. The van der Waals surface area contributed by atoms with Gasteiger partial charge in [0.15, 0.2) is 0 Å². The first-order valence-electron chi connectivity index (χ1n) is 12.9. The van der Waals surface area contributed by atoms with E-state index in [2.05, 4.69) is 43.0 Å². The zero-order valence-corrected chi connectivity index (χ0v) is 22.3. The quantitative estimate of drug-likeness (QED) is 0.307. The zero-order valence-electron chi connectivity index (χ0n) is 22.3. The molecule has 0 radical (unpaired) electrons. The van der Waals surface area contributed by atoms with Crippen LogP contribution in [0.15, 0.2) is 48.9 Å². The Hall–Kier alpha value is -4.34. The fraction of sp³-hybridized carbons (Fsp3) is 0.357. The SMILES string of the molecule is CC(=O)NCCc1cnc2ccc(Nc3ccnc4[nH]c(C5=CCN(C(=O)NC(C)(C)C)CC5)cc34)cn12. The van der Waals surface area contributed by atoms with Crippen LogP contribution in [0, 0.1) is 0 Å². The van der Waals surface area contributed by atoms with Gasteiger partial charge in [0.2, 0.25) is 5.91 Å². The molecule has 0 bridgehead atoms. The molecule has 1 aliphatic heterocycles. The summed E-state index contributed by atoms with van der Waals surface area (Å²) in [7, 11) is 0. The molecular formula is C28H34N8O2. The summed E-state index contributed by atoms with van der Waals surface area (Å²) in [5.41, 5.74) is 6.48. The molecule has 0 unspecified atom stereocenters. The number of carbonyl (C=O) groups excluding carboxylic acids is 2. The monoisotopic (exact) mass is 514 g/mol. The lowest BCUT2D eigenvalue weighted by Gasteiger charge is -2.30. The summed E-state index contributed by atoms with van der Waals surface area (Å²) in [6.07, 6.45) is 9.22. The van der Waals surface area contributed by atoms with Crippen LogP contribution in [-0.2, 0) is 11.2 Å². The van der Waals surface area contributed by atoms with Crippen LogP contribution in [0.5, 0.6) is 0 Å². The van der Waals surface area contributed by atoms with Crippen LogP contribution < -0.4 is 16.0 Å². The third kappa shape index (κ3) is 5.64. The van der Waals surface area contributed by atoms with Crippen molar-refractivity contribution in [1.29, 1.82) is 0 Å². The van der Waals surface area contributed by atoms with Gasteiger partial charge in [0, 0.05) is 73.9 Å². The van der Waals surface area contributed by atoms with E-state index in [0.29, 0.717) is 26.1 Å². The van der Waals surface area contributed by atoms with Gasteiger partial charge in [-0.15, -0.1) is 0 Å². The molecule has 0 aromatic carbocycles. The smallest absolute Gasteiger partial charge is 0.318 e. The van der Waals surface area contributed by atoms with Crippen molar-refractivity contribution >= 4 is 45.6 Å². The van der Waals surface area contributed by atoms with Crippen molar-refractivity contribution < 1.29 is 9.59 Å². The molecule has 0 saturated carbocycles. The van der Waals surface area contributed by atoms with Gasteiger partial charge in [-0.25, -0.2) is 14.8 Å². The Morgan fingerprint density at radius 3 is 2.74 bits per heavy atom. The minimum atomic E-state index is -0.260. The van der Waals surface area contributed by atoms with Crippen LogP contribution in [0.25, 0.3) is 22.3 Å². The standard InChI is InChI=1S/C28H34N8O2/c1-18(37)29-11-7-21-16-31-25-6-5-20(17-36(21)25)32-23-8-12-30-26-22(23)15-24(33-26)19-9-13-35(14-10-19)27(38)34-28(2,3)4/h5-6,8-9,12,15-17H,7,10-11,13-14H2,1-4H3,(H,29,37)(H,34,38)(H2,30,32,33). The van der Waals surface area contributed by atoms with Crippen LogP contribution in [0.3, 0.4) is 0 Å². The number of imidazole rings is 1. The van der Waals surface area contributed by atoms with E-state index in [0.717, 1.165) is 45.9 Å². The average Bonchev–Trinajstić information content (AvgIpc) is 3.48. The Labute approximate surface area is 221 Å². The van der Waals surface area contributed by atoms with E-state index < -0.39 is 0 Å². The third-order valence-electron chi connectivity index (χ3n) is 6.47. The second-order valence-electron chi connectivity index (χ2n) is 10.7. The van der Waals surface area contributed by atoms with E-state index in [1.165, 1.54) is 12.5 Å². The molecule has 3 amide bonds. The van der Waals surface area contributed by atoms with Crippen molar-refractivity contribution in [3.8, 4) is 0 Å². The Balaban J connectivity index is 1.34. The highest BCUT2D eigenvalue weighted by molar-refractivity contribution is 5.94. The van der Waals surface area contributed by atoms with Crippen LogP contribution in [0.2, 0.25) is 0 Å². The Morgan fingerprint density at radius 1 is 1.16 bits per heavy atom. The number of hydrogen-bond acceptors (Lipinski definition) is 5. The van der Waals surface area contributed by atoms with Gasteiger partial charge in [0.1, 0.15) is 11.3 Å². The topological polar surface area (TPSA) is 119 Å². The lowest BCUT2D eigenvalue weighted by molar-refractivity contribution is -0.118. The highest BCUT2D eigenvalue weighted by Crippen LogP contribution is 2.30. The highest BCUT2D eigenvalue weighted by Gasteiger charge is 2.22. The van der Waals surface area contributed by atoms with Gasteiger partial charge in [-0.1, -0.05) is 6.08 Å². The van der Waals surface area contributed by atoms with Gasteiger partial charge in [0.05, 0.1) is 11.4 Å². The van der Waals surface area contributed by atoms with Gasteiger partial charge in [-0.2, -0.15) is 0 Å². The number of fused-ring (bicyclic) bond motifs is 2. The number of pyridine rings is 2. The fourth-order valence-electron chi connectivity index (χ4n) is 4.62. The summed E-state index contributed by atoms with van der Waals surface area (Å²) in [6.45, 7) is 9.27. The maximum atomic E-state index is 12.5. The first kappa shape index (κ1) is 25.3. The molecule has 10 heteroatoms. The average molecular weight is 515 g/mol. The molecule has 38 heavy (non-hydrogen) atoms. The molecule has 0 fully saturated rings. The summed E-state index contributed by atoms with van der Waals surface area (Å²) < 4.78 is 2.04. The van der Waals surface area contributed by atoms with Crippen molar-refractivity contribution in [3.05, 3.63) is 60.3 Å². The molecule has 0 saturated heterocycles. The Kier molecular flexibility index (Phi) is 6.79. The molecule has 4 aromatic heterocycles. The summed E-state index contributed by atoms with van der Waals surface area (Å²) >= 11 is 0. The van der Waals surface area contributed by atoms with Crippen molar-refractivity contribution in [2.24, 2.45) is 0 Å². The first-order chi connectivity index (χ1) is 18.2. The Bertz CT molecular complexity index is 1520. The number of urea groups is 1. The minimum Gasteiger partial charge on any atom is -0.356 e. The molecule has 1 aliphatic rings. The molecular weight excluding hydrogens is 480 g/mol. The number of rotatable bonds is 6. The normalized spacial score (nSPS) is 14.0. The predicted octanol–water partition coefficient (Wildman–Crippen LogP) is 4.23. The second-order valence-corrected chi connectivity index (χ2v) is 10.7. The summed E-state index contributed by atoms with van der Waals surface area (Å²) in [6, 6.07) is 8.02. The van der Waals surface area contributed by atoms with Gasteiger partial charge >= 0.3 is 6.03 Å². The number of nitrogens with zero attached hydrogens (tertiary/aromatic N) is 4. The number of amides is 3. The van der Waals surface area contributed by atoms with Crippen LogP contribution in [-0.4, -0.2) is 61.4 Å². The van der Waals surface area contributed by atoms with Crippen LogP contribution >= 0.6 is 0 Å². The van der Waals surface area contributed by atoms with Crippen LogP contribution in [0.4, 0.5) is 16.2 Å². The van der Waals surface area contributed by atoms with Crippen molar-refractivity contribution in [2.75, 3.05) is 25.0 Å². The zero-order chi connectivity index (χ0) is 26.9. The van der Waals surface area contributed by atoms with E-state index in [4.69, 9.17) is 0 Å². The first-order valence-corrected chi connectivity index (χ1v) is 12.9. The maximum Gasteiger partial charge on any atom is 0.318 e. The fourth-order valence-corrected chi connectivity index (χ4v) is 4.62. The molecule has 0 spiro atoms. The van der Waals surface area contributed by atoms with E-state index >= 15 is 0 Å². The van der Waals surface area contributed by atoms with E-state index in [1.54, 1.807) is 6.20 Å². The van der Waals surface area contributed by atoms with E-state index in [9.17, 15) is 9.59 Å². The largest absolute Gasteiger partial charge is 0.356 e. The predicted molar refractivity (Wildman–Crippen MR) is 149 cm³/mol. The lowest BCUT2D eigenvalue weighted by Crippen LogP contribution is -2.49. The molecule has 198 valence electrons. The molecule has 0 atom stereocenters. The van der Waals surface area contributed by atoms with Gasteiger partial charge < -0.3 is 30.2 Å².